The number of nitrogens with zero attached hydrogens (tertiary/aromatic N) is 4. The molecule has 9 nitrogen and oxygen atoms in total. The SMILES string of the molecule is CN(C)c1ccnc(N[C@H]2CC[C@@H](NC(=O)c3ccc([N+](=O)[O-])cc3Cl)CC2)n1. The summed E-state index contributed by atoms with van der Waals surface area (Å²) < 4.78 is 0. The molecule has 2 aromatic rings. The normalized spacial score (nSPS) is 18.7. The third kappa shape index (κ3) is 5.32. The first-order valence-electron chi connectivity index (χ1n) is 9.35. The number of carbonyl (C=O) groups excluding carboxylic acids is 1. The van der Waals surface area contributed by atoms with E-state index in [0.717, 1.165) is 31.5 Å². The van der Waals surface area contributed by atoms with E-state index in [4.69, 9.17) is 11.6 Å². The number of amides is 1. The number of benzene rings is 1. The second-order valence-corrected chi connectivity index (χ2v) is 7.63. The molecule has 0 atom stereocenters. The number of halogens is 1. The molecule has 10 heteroatoms. The lowest BCUT2D eigenvalue weighted by molar-refractivity contribution is -0.384. The smallest absolute Gasteiger partial charge is 0.270 e. The molecule has 0 spiro atoms. The van der Waals surface area contributed by atoms with Gasteiger partial charge in [-0.1, -0.05) is 11.6 Å². The highest BCUT2D eigenvalue weighted by Gasteiger charge is 2.24. The molecule has 1 aromatic heterocycles. The first-order valence-corrected chi connectivity index (χ1v) is 9.73. The zero-order valence-corrected chi connectivity index (χ0v) is 17.0. The van der Waals surface area contributed by atoms with E-state index in [1.807, 2.05) is 25.1 Å². The topological polar surface area (TPSA) is 113 Å². The monoisotopic (exact) mass is 418 g/mol. The van der Waals surface area contributed by atoms with E-state index in [1.54, 1.807) is 6.20 Å². The molecule has 1 amide bonds. The average molecular weight is 419 g/mol. The predicted molar refractivity (Wildman–Crippen MR) is 112 cm³/mol. The van der Waals surface area contributed by atoms with Gasteiger partial charge in [0.25, 0.3) is 11.6 Å². The summed E-state index contributed by atoms with van der Waals surface area (Å²) in [4.78, 5) is 33.4. The Bertz CT molecular complexity index is 899. The maximum atomic E-state index is 12.5. The lowest BCUT2D eigenvalue weighted by Crippen LogP contribution is -2.40. The molecule has 2 N–H and O–H groups in total. The summed E-state index contributed by atoms with van der Waals surface area (Å²) in [6.45, 7) is 0. The fraction of sp³-hybridized carbons (Fsp3) is 0.421. The minimum Gasteiger partial charge on any atom is -0.363 e. The molecule has 154 valence electrons. The van der Waals surface area contributed by atoms with Crippen molar-refractivity contribution in [3.8, 4) is 0 Å². The number of rotatable bonds is 6. The summed E-state index contributed by atoms with van der Waals surface area (Å²) in [5.74, 6) is 1.12. The molecule has 0 saturated heterocycles. The van der Waals surface area contributed by atoms with Crippen molar-refractivity contribution in [3.63, 3.8) is 0 Å². The summed E-state index contributed by atoms with van der Waals surface area (Å²) >= 11 is 6.04. The van der Waals surface area contributed by atoms with E-state index in [0.29, 0.717) is 5.95 Å². The number of non-ortho nitro benzene ring substituents is 1. The standard InChI is InChI=1S/C19H23ClN6O3/c1-25(2)17-9-10-21-19(24-17)23-13-5-3-12(4-6-13)22-18(27)15-8-7-14(26(28)29)11-16(15)20/h7-13H,3-6H2,1-2H3,(H,22,27)(H,21,23,24)/t12-,13+. The molecule has 0 bridgehead atoms. The van der Waals surface area contributed by atoms with Crippen LogP contribution in [0.15, 0.2) is 30.5 Å². The highest BCUT2D eigenvalue weighted by Crippen LogP contribution is 2.25. The van der Waals surface area contributed by atoms with Gasteiger partial charge >= 0.3 is 0 Å². The molecule has 1 aliphatic carbocycles. The van der Waals surface area contributed by atoms with E-state index in [1.165, 1.54) is 18.2 Å². The Kier molecular flexibility index (Phi) is 6.48. The Labute approximate surface area is 173 Å². The van der Waals surface area contributed by atoms with Crippen LogP contribution in [0.5, 0.6) is 0 Å². The van der Waals surface area contributed by atoms with Gasteiger partial charge in [0.05, 0.1) is 15.5 Å². The highest BCUT2D eigenvalue weighted by atomic mass is 35.5. The van der Waals surface area contributed by atoms with Crippen LogP contribution in [0.1, 0.15) is 36.0 Å². The average Bonchev–Trinajstić information content (AvgIpc) is 2.69. The van der Waals surface area contributed by atoms with Gasteiger partial charge < -0.3 is 15.5 Å². The number of nitro groups is 1. The van der Waals surface area contributed by atoms with Crippen molar-refractivity contribution in [3.05, 3.63) is 51.2 Å². The number of anilines is 2. The Balaban J connectivity index is 1.53. The fourth-order valence-corrected chi connectivity index (χ4v) is 3.56. The second kappa shape index (κ2) is 9.04. The zero-order valence-electron chi connectivity index (χ0n) is 16.3. The third-order valence-electron chi connectivity index (χ3n) is 4.90. The molecule has 3 rings (SSSR count). The van der Waals surface area contributed by atoms with E-state index in [2.05, 4.69) is 20.6 Å². The quantitative estimate of drug-likeness (QED) is 0.546. The summed E-state index contributed by atoms with van der Waals surface area (Å²) in [5.41, 5.74) is 0.102. The minimum atomic E-state index is -0.542. The van der Waals surface area contributed by atoms with Crippen LogP contribution >= 0.6 is 11.6 Å². The van der Waals surface area contributed by atoms with Crippen molar-refractivity contribution in [1.82, 2.24) is 15.3 Å². The van der Waals surface area contributed by atoms with E-state index < -0.39 is 4.92 Å². The molecule has 0 radical (unpaired) electrons. The number of aromatic nitrogens is 2. The second-order valence-electron chi connectivity index (χ2n) is 7.22. The van der Waals surface area contributed by atoms with Gasteiger partial charge in [0.2, 0.25) is 5.95 Å². The molecular weight excluding hydrogens is 396 g/mol. The lowest BCUT2D eigenvalue weighted by Gasteiger charge is -2.30. The van der Waals surface area contributed by atoms with Crippen LogP contribution in [0.2, 0.25) is 5.02 Å². The van der Waals surface area contributed by atoms with Crippen LogP contribution in [-0.2, 0) is 0 Å². The van der Waals surface area contributed by atoms with Crippen LogP contribution < -0.4 is 15.5 Å². The lowest BCUT2D eigenvalue weighted by atomic mass is 9.91. The van der Waals surface area contributed by atoms with Gasteiger partial charge in [0, 0.05) is 44.5 Å². The maximum absolute atomic E-state index is 12.5. The number of carbonyl (C=O) groups is 1. The predicted octanol–water partition coefficient (Wildman–Crippen LogP) is 3.26. The van der Waals surface area contributed by atoms with Crippen LogP contribution in [-0.4, -0.2) is 47.0 Å². The van der Waals surface area contributed by atoms with Crippen molar-refractivity contribution in [2.45, 2.75) is 37.8 Å². The van der Waals surface area contributed by atoms with Crippen LogP contribution in [0.25, 0.3) is 0 Å². The molecule has 1 aromatic carbocycles. The van der Waals surface area contributed by atoms with Gasteiger partial charge in [-0.25, -0.2) is 4.98 Å². The van der Waals surface area contributed by atoms with Crippen LogP contribution in [0.4, 0.5) is 17.5 Å². The van der Waals surface area contributed by atoms with Gasteiger partial charge in [-0.05, 0) is 37.8 Å². The van der Waals surface area contributed by atoms with Crippen LogP contribution in [0, 0.1) is 10.1 Å². The summed E-state index contributed by atoms with van der Waals surface area (Å²) in [7, 11) is 3.86. The van der Waals surface area contributed by atoms with Crippen molar-refractivity contribution in [2.75, 3.05) is 24.3 Å². The number of hydrogen-bond donors (Lipinski definition) is 2. The first kappa shape index (κ1) is 20.8. The van der Waals surface area contributed by atoms with Gasteiger partial charge in [0.15, 0.2) is 0 Å². The van der Waals surface area contributed by atoms with E-state index in [-0.39, 0.29) is 34.3 Å². The molecule has 29 heavy (non-hydrogen) atoms. The Morgan fingerprint density at radius 1 is 1.21 bits per heavy atom. The van der Waals surface area contributed by atoms with Crippen molar-refractivity contribution >= 4 is 35.0 Å². The Hall–Kier alpha value is -2.94. The molecule has 1 fully saturated rings. The third-order valence-corrected chi connectivity index (χ3v) is 5.22. The number of hydrogen-bond acceptors (Lipinski definition) is 7. The Morgan fingerprint density at radius 2 is 1.90 bits per heavy atom. The maximum Gasteiger partial charge on any atom is 0.270 e. The summed E-state index contributed by atoms with van der Waals surface area (Å²) in [6.07, 6.45) is 5.08. The molecule has 1 saturated carbocycles. The largest absolute Gasteiger partial charge is 0.363 e. The van der Waals surface area contributed by atoms with Gasteiger partial charge in [0.1, 0.15) is 5.82 Å². The fourth-order valence-electron chi connectivity index (χ4n) is 3.30. The minimum absolute atomic E-state index is 0.0286. The number of nitro benzene ring substituents is 1. The Morgan fingerprint density at radius 3 is 2.52 bits per heavy atom. The van der Waals surface area contributed by atoms with Crippen LogP contribution in [0.3, 0.4) is 0 Å². The van der Waals surface area contributed by atoms with Gasteiger partial charge in [-0.3, -0.25) is 14.9 Å². The molecular formula is C19H23ClN6O3. The molecule has 1 aliphatic rings. The van der Waals surface area contributed by atoms with E-state index >= 15 is 0 Å². The van der Waals surface area contributed by atoms with Crippen molar-refractivity contribution in [2.24, 2.45) is 0 Å². The summed E-state index contributed by atoms with van der Waals surface area (Å²) in [6, 6.07) is 5.98. The zero-order chi connectivity index (χ0) is 21.0. The van der Waals surface area contributed by atoms with Crippen molar-refractivity contribution < 1.29 is 9.72 Å². The number of nitrogens with one attached hydrogen (secondary N) is 2. The summed E-state index contributed by atoms with van der Waals surface area (Å²) in [5, 5.41) is 17.2. The molecule has 1 heterocycles. The van der Waals surface area contributed by atoms with E-state index in [9.17, 15) is 14.9 Å². The first-order chi connectivity index (χ1) is 13.8. The highest BCUT2D eigenvalue weighted by molar-refractivity contribution is 6.34. The van der Waals surface area contributed by atoms with Crippen molar-refractivity contribution in [1.29, 1.82) is 0 Å². The molecule has 0 unspecified atom stereocenters. The van der Waals surface area contributed by atoms with Gasteiger partial charge in [-0.15, -0.1) is 0 Å². The van der Waals surface area contributed by atoms with Gasteiger partial charge in [-0.2, -0.15) is 4.98 Å². The molecule has 0 aliphatic heterocycles.